The fourth-order valence-corrected chi connectivity index (χ4v) is 3.57. The van der Waals surface area contributed by atoms with Crippen molar-refractivity contribution in [1.82, 2.24) is 20.6 Å². The van der Waals surface area contributed by atoms with Crippen LogP contribution in [-0.2, 0) is 17.5 Å². The van der Waals surface area contributed by atoms with Gasteiger partial charge in [-0.05, 0) is 61.7 Å². The van der Waals surface area contributed by atoms with Crippen molar-refractivity contribution in [3.63, 3.8) is 0 Å². The molecule has 12 heteroatoms. The number of nitrogens with zero attached hydrogens (tertiary/aromatic N) is 2. The lowest BCUT2D eigenvalue weighted by Crippen LogP contribution is -2.48. The number of aliphatic hydroxyl groups is 1. The van der Waals surface area contributed by atoms with E-state index >= 15 is 0 Å². The number of hydrogen-bond acceptors (Lipinski definition) is 7. The number of aromatic nitrogens is 2. The predicted octanol–water partition coefficient (Wildman–Crippen LogP) is 3.50. The zero-order chi connectivity index (χ0) is 26.8. The van der Waals surface area contributed by atoms with Gasteiger partial charge >= 0.3 is 6.18 Å². The van der Waals surface area contributed by atoms with Crippen LogP contribution in [0.5, 0.6) is 11.5 Å². The van der Waals surface area contributed by atoms with Gasteiger partial charge in [0, 0.05) is 11.8 Å². The molecule has 1 aliphatic rings. The van der Waals surface area contributed by atoms with Crippen molar-refractivity contribution >= 4 is 17.6 Å². The summed E-state index contributed by atoms with van der Waals surface area (Å²) in [5, 5.41) is 15.0. The van der Waals surface area contributed by atoms with Gasteiger partial charge in [0.05, 0.1) is 30.1 Å². The van der Waals surface area contributed by atoms with Crippen LogP contribution in [-0.4, -0.2) is 32.4 Å². The minimum absolute atomic E-state index is 0.0375. The number of ether oxygens (including phenoxy) is 1. The Morgan fingerprint density at radius 1 is 1.16 bits per heavy atom. The van der Waals surface area contributed by atoms with Gasteiger partial charge in [0.1, 0.15) is 22.9 Å². The van der Waals surface area contributed by atoms with E-state index in [0.717, 1.165) is 12.1 Å². The Labute approximate surface area is 209 Å². The molecule has 0 aliphatic heterocycles. The Balaban J connectivity index is 1.36. The van der Waals surface area contributed by atoms with E-state index in [4.69, 9.17) is 10.5 Å². The fourth-order valence-electron chi connectivity index (χ4n) is 3.57. The largest absolute Gasteiger partial charge is 0.455 e. The number of amides is 2. The van der Waals surface area contributed by atoms with E-state index in [0.29, 0.717) is 18.5 Å². The van der Waals surface area contributed by atoms with Crippen LogP contribution in [0, 0.1) is 0 Å². The summed E-state index contributed by atoms with van der Waals surface area (Å²) in [5.74, 6) is -0.999. The molecular weight excluding hydrogens is 491 g/mol. The van der Waals surface area contributed by atoms with E-state index in [1.165, 1.54) is 49.6 Å². The van der Waals surface area contributed by atoms with E-state index in [9.17, 15) is 27.9 Å². The van der Waals surface area contributed by atoms with Crippen LogP contribution < -0.4 is 21.1 Å². The Kier molecular flexibility index (Phi) is 7.03. The molecule has 1 aliphatic carbocycles. The van der Waals surface area contributed by atoms with Gasteiger partial charge in [0.15, 0.2) is 0 Å². The summed E-state index contributed by atoms with van der Waals surface area (Å²) in [6.07, 6.45) is -2.16. The second kappa shape index (κ2) is 10.1. The van der Waals surface area contributed by atoms with Gasteiger partial charge in [0.25, 0.3) is 5.91 Å². The summed E-state index contributed by atoms with van der Waals surface area (Å²) in [6.45, 7) is 1.41. The van der Waals surface area contributed by atoms with Crippen molar-refractivity contribution in [2.24, 2.45) is 0 Å². The Hall–Kier alpha value is -4.19. The first-order valence-corrected chi connectivity index (χ1v) is 11.3. The molecule has 0 saturated heterocycles. The molecule has 1 aromatic carbocycles. The number of nitrogens with one attached hydrogen (secondary N) is 2. The number of aliphatic hydroxyl groups excluding tert-OH is 1. The first kappa shape index (κ1) is 25.9. The number of nitrogen functional groups attached to an aromatic ring is 1. The van der Waals surface area contributed by atoms with Gasteiger partial charge in [-0.3, -0.25) is 14.6 Å². The molecule has 9 nitrogen and oxygen atoms in total. The molecule has 5 N–H and O–H groups in total. The number of alkyl halides is 3. The monoisotopic (exact) mass is 515 g/mol. The van der Waals surface area contributed by atoms with E-state index in [1.54, 1.807) is 0 Å². The minimum Gasteiger partial charge on any atom is -0.455 e. The van der Waals surface area contributed by atoms with Crippen molar-refractivity contribution in [2.75, 3.05) is 5.73 Å². The highest BCUT2D eigenvalue weighted by molar-refractivity contribution is 6.00. The molecule has 2 heterocycles. The number of carbonyl (C=O) groups excluding carboxylic acids is 2. The van der Waals surface area contributed by atoms with Crippen LogP contribution >= 0.6 is 0 Å². The number of halogens is 3. The number of hydrogen-bond donors (Lipinski definition) is 4. The zero-order valence-corrected chi connectivity index (χ0v) is 19.7. The normalized spacial score (nSPS) is 14.9. The number of anilines is 1. The highest BCUT2D eigenvalue weighted by Gasteiger charge is 2.51. The molecule has 0 radical (unpaired) electrons. The Morgan fingerprint density at radius 2 is 1.92 bits per heavy atom. The highest BCUT2D eigenvalue weighted by Crippen LogP contribution is 2.39. The Bertz CT molecular complexity index is 1310. The average Bonchev–Trinajstić information content (AvgIpc) is 3.63. The molecule has 1 saturated carbocycles. The molecule has 3 aromatic rings. The minimum atomic E-state index is -4.68. The predicted molar refractivity (Wildman–Crippen MR) is 126 cm³/mol. The second-order valence-corrected chi connectivity index (χ2v) is 8.70. The average molecular weight is 515 g/mol. The number of pyridine rings is 2. The van der Waals surface area contributed by atoms with Crippen LogP contribution in [0.3, 0.4) is 0 Å². The molecular formula is C25H24F3N5O4. The summed E-state index contributed by atoms with van der Waals surface area (Å²) in [5.41, 5.74) is 4.39. The molecule has 1 atom stereocenters. The van der Waals surface area contributed by atoms with Crippen molar-refractivity contribution in [3.8, 4) is 11.5 Å². The molecule has 37 heavy (non-hydrogen) atoms. The number of carbonyl (C=O) groups is 2. The lowest BCUT2D eigenvalue weighted by Gasteiger charge is -2.17. The third-order valence-electron chi connectivity index (χ3n) is 5.83. The molecule has 1 fully saturated rings. The summed E-state index contributed by atoms with van der Waals surface area (Å²) < 4.78 is 45.8. The lowest BCUT2D eigenvalue weighted by molar-refractivity contribution is -0.138. The molecule has 2 aromatic heterocycles. The van der Waals surface area contributed by atoms with E-state index in [1.807, 2.05) is 0 Å². The lowest BCUT2D eigenvalue weighted by atomic mass is 10.1. The third kappa shape index (κ3) is 6.15. The van der Waals surface area contributed by atoms with Crippen molar-refractivity contribution in [2.45, 2.75) is 44.1 Å². The van der Waals surface area contributed by atoms with E-state index < -0.39 is 35.0 Å². The smallest absolute Gasteiger partial charge is 0.419 e. The molecule has 0 spiro atoms. The van der Waals surface area contributed by atoms with Gasteiger partial charge in [-0.2, -0.15) is 13.2 Å². The van der Waals surface area contributed by atoms with Crippen LogP contribution in [0.2, 0.25) is 0 Å². The van der Waals surface area contributed by atoms with Gasteiger partial charge in [-0.15, -0.1) is 0 Å². The summed E-state index contributed by atoms with van der Waals surface area (Å²) in [7, 11) is 0. The maximum Gasteiger partial charge on any atom is 0.419 e. The highest BCUT2D eigenvalue weighted by atomic mass is 19.4. The topological polar surface area (TPSA) is 139 Å². The summed E-state index contributed by atoms with van der Waals surface area (Å²) >= 11 is 0. The Morgan fingerprint density at radius 3 is 2.51 bits per heavy atom. The van der Waals surface area contributed by atoms with E-state index in [-0.39, 0.29) is 35.1 Å². The number of nitrogens with two attached hydrogens (primary N) is 1. The third-order valence-corrected chi connectivity index (χ3v) is 5.83. The first-order chi connectivity index (χ1) is 17.5. The van der Waals surface area contributed by atoms with E-state index in [2.05, 4.69) is 20.6 Å². The van der Waals surface area contributed by atoms with Crippen LogP contribution in [0.1, 0.15) is 53.0 Å². The van der Waals surface area contributed by atoms with Crippen LogP contribution in [0.25, 0.3) is 0 Å². The van der Waals surface area contributed by atoms with Gasteiger partial charge in [-0.25, -0.2) is 4.98 Å². The standard InChI is InChI=1S/C25H24F3N5O4/c1-14(34)15-2-5-20(19(10-15)25(26,27)28)37-18-4-3-17(31-13-18)12-32-23(36)24(7-8-24)33-22(35)16-6-9-30-21(29)11-16/h2-6,9-11,13-14,34H,7-8,12H2,1H3,(H2,29,30)(H,32,36)(H,33,35). The van der Waals surface area contributed by atoms with Crippen molar-refractivity contribution in [1.29, 1.82) is 0 Å². The van der Waals surface area contributed by atoms with Gasteiger partial charge < -0.3 is 26.2 Å². The van der Waals surface area contributed by atoms with Crippen LogP contribution in [0.4, 0.5) is 19.0 Å². The maximum atomic E-state index is 13.5. The molecule has 4 rings (SSSR count). The molecule has 1 unspecified atom stereocenters. The fraction of sp³-hybridized carbons (Fsp3) is 0.280. The molecule has 194 valence electrons. The van der Waals surface area contributed by atoms with Crippen LogP contribution in [0.15, 0.2) is 54.9 Å². The van der Waals surface area contributed by atoms with Crippen molar-refractivity contribution < 1.29 is 32.6 Å². The number of rotatable bonds is 8. The maximum absolute atomic E-state index is 13.5. The van der Waals surface area contributed by atoms with Gasteiger partial charge in [-0.1, -0.05) is 6.07 Å². The van der Waals surface area contributed by atoms with Crippen molar-refractivity contribution in [3.05, 3.63) is 77.2 Å². The summed E-state index contributed by atoms with van der Waals surface area (Å²) in [4.78, 5) is 33.1. The zero-order valence-electron chi connectivity index (χ0n) is 19.7. The molecule has 0 bridgehead atoms. The SMILES string of the molecule is CC(O)c1ccc(Oc2ccc(CNC(=O)C3(NC(=O)c4ccnc(N)c4)CC3)nc2)c(C(F)(F)F)c1. The second-order valence-electron chi connectivity index (χ2n) is 8.70. The van der Waals surface area contributed by atoms with Gasteiger partial charge in [0.2, 0.25) is 5.91 Å². The quantitative estimate of drug-likeness (QED) is 0.360. The summed E-state index contributed by atoms with van der Waals surface area (Å²) in [6, 6.07) is 9.17. The molecule has 2 amide bonds. The first-order valence-electron chi connectivity index (χ1n) is 11.3. The number of benzene rings is 1.